The molecular weight excluding hydrogens is 601 g/mol. The van der Waals surface area contributed by atoms with Crippen LogP contribution >= 0.6 is 0 Å². The van der Waals surface area contributed by atoms with Gasteiger partial charge in [-0.1, -0.05) is 164 Å². The molecule has 0 amide bonds. The Balaban J connectivity index is 1.30. The number of hydrogen-bond acceptors (Lipinski definition) is 0. The highest BCUT2D eigenvalue weighted by Crippen LogP contribution is 2.58. The normalized spacial score (nSPS) is 12.0. The van der Waals surface area contributed by atoms with Gasteiger partial charge in [0.1, 0.15) is 0 Å². The number of hydrogen-bond donors (Lipinski definition) is 0. The molecule has 0 heteroatoms. The van der Waals surface area contributed by atoms with Crippen molar-refractivity contribution in [1.82, 2.24) is 0 Å². The Hall–Kier alpha value is -6.50. The van der Waals surface area contributed by atoms with Crippen LogP contribution < -0.4 is 0 Å². The molecule has 11 rings (SSSR count). The summed E-state index contributed by atoms with van der Waals surface area (Å²) in [6.45, 7) is 0. The summed E-state index contributed by atoms with van der Waals surface area (Å²) in [4.78, 5) is 0. The van der Waals surface area contributed by atoms with Crippen molar-refractivity contribution >= 4 is 53.9 Å². The Bertz CT molecular complexity index is 3000. The molecule has 10 aromatic rings. The topological polar surface area (TPSA) is 0 Å². The quantitative estimate of drug-likeness (QED) is 0.170. The molecule has 0 unspecified atom stereocenters. The van der Waals surface area contributed by atoms with Crippen molar-refractivity contribution in [2.75, 3.05) is 0 Å². The van der Waals surface area contributed by atoms with Crippen LogP contribution in [0, 0.1) is 0 Å². The van der Waals surface area contributed by atoms with E-state index in [1.165, 1.54) is 109 Å². The van der Waals surface area contributed by atoms with Crippen molar-refractivity contribution in [2.45, 2.75) is 0 Å². The van der Waals surface area contributed by atoms with Crippen molar-refractivity contribution < 1.29 is 0 Å². The van der Waals surface area contributed by atoms with E-state index < -0.39 is 0 Å². The van der Waals surface area contributed by atoms with E-state index >= 15 is 0 Å². The molecule has 0 nitrogen and oxygen atoms in total. The molecule has 0 bridgehead atoms. The molecule has 1 aliphatic rings. The van der Waals surface area contributed by atoms with Gasteiger partial charge < -0.3 is 0 Å². The van der Waals surface area contributed by atoms with Crippen molar-refractivity contribution in [3.05, 3.63) is 182 Å². The fraction of sp³-hybridized carbons (Fsp3) is 0. The molecular formula is C50H30. The zero-order chi connectivity index (χ0) is 32.8. The van der Waals surface area contributed by atoms with Crippen LogP contribution in [0.2, 0.25) is 0 Å². The lowest BCUT2D eigenvalue weighted by Gasteiger charge is -2.21. The SMILES string of the molecule is c1ccc(-c2c3c(c(-c4ccccc4)c4cc(-c5ccc6ccc7ccccc7c6c5)ccc24)-c2cc4ccccc4c4cccc-3c24)cc1. The molecule has 0 atom stereocenters. The smallest absolute Gasteiger partial charge is 0.000719 e. The molecule has 0 aliphatic heterocycles. The average molecular weight is 631 g/mol. The van der Waals surface area contributed by atoms with Crippen molar-refractivity contribution in [3.8, 4) is 55.6 Å². The monoisotopic (exact) mass is 630 g/mol. The van der Waals surface area contributed by atoms with Gasteiger partial charge in [-0.05, 0) is 128 Å². The third-order valence-electron chi connectivity index (χ3n) is 10.9. The Morgan fingerprint density at radius 3 is 1.48 bits per heavy atom. The first-order valence-electron chi connectivity index (χ1n) is 17.4. The van der Waals surface area contributed by atoms with E-state index in [1.807, 2.05) is 0 Å². The molecule has 0 N–H and O–H groups in total. The predicted octanol–water partition coefficient (Wildman–Crippen LogP) is 14.1. The third-order valence-corrected chi connectivity index (χ3v) is 10.9. The van der Waals surface area contributed by atoms with Gasteiger partial charge in [0.05, 0.1) is 0 Å². The number of fused-ring (bicyclic) bond motifs is 9. The Morgan fingerprint density at radius 1 is 0.220 bits per heavy atom. The van der Waals surface area contributed by atoms with Crippen LogP contribution in [-0.4, -0.2) is 0 Å². The minimum atomic E-state index is 1.22. The van der Waals surface area contributed by atoms with Gasteiger partial charge in [-0.25, -0.2) is 0 Å². The summed E-state index contributed by atoms with van der Waals surface area (Å²) in [6, 6.07) is 67.6. The van der Waals surface area contributed by atoms with Crippen molar-refractivity contribution in [3.63, 3.8) is 0 Å². The van der Waals surface area contributed by atoms with Gasteiger partial charge in [-0.15, -0.1) is 0 Å². The Labute approximate surface area is 290 Å². The molecule has 0 saturated heterocycles. The van der Waals surface area contributed by atoms with E-state index in [9.17, 15) is 0 Å². The van der Waals surface area contributed by atoms with Crippen LogP contribution in [0.15, 0.2) is 182 Å². The molecule has 10 aromatic carbocycles. The maximum atomic E-state index is 2.46. The highest BCUT2D eigenvalue weighted by atomic mass is 14.3. The van der Waals surface area contributed by atoms with Gasteiger partial charge in [0, 0.05) is 0 Å². The molecule has 0 radical (unpaired) electrons. The second-order valence-electron chi connectivity index (χ2n) is 13.6. The first kappa shape index (κ1) is 27.5. The van der Waals surface area contributed by atoms with Gasteiger partial charge in [-0.2, -0.15) is 0 Å². The van der Waals surface area contributed by atoms with E-state index in [2.05, 4.69) is 182 Å². The minimum Gasteiger partial charge on any atom is -0.0622 e. The van der Waals surface area contributed by atoms with Crippen LogP contribution in [-0.2, 0) is 0 Å². The predicted molar refractivity (Wildman–Crippen MR) is 215 cm³/mol. The molecule has 0 heterocycles. The molecule has 50 heavy (non-hydrogen) atoms. The van der Waals surface area contributed by atoms with Crippen molar-refractivity contribution in [2.24, 2.45) is 0 Å². The molecule has 230 valence electrons. The summed E-state index contributed by atoms with van der Waals surface area (Å²) < 4.78 is 0. The van der Waals surface area contributed by atoms with Crippen LogP contribution in [0.1, 0.15) is 0 Å². The lowest BCUT2D eigenvalue weighted by molar-refractivity contribution is 1.61. The van der Waals surface area contributed by atoms with Crippen LogP contribution in [0.25, 0.3) is 109 Å². The van der Waals surface area contributed by atoms with Gasteiger partial charge >= 0.3 is 0 Å². The number of rotatable bonds is 3. The van der Waals surface area contributed by atoms with E-state index in [0.29, 0.717) is 0 Å². The van der Waals surface area contributed by atoms with Crippen molar-refractivity contribution in [1.29, 1.82) is 0 Å². The fourth-order valence-corrected chi connectivity index (χ4v) is 8.77. The van der Waals surface area contributed by atoms with E-state index in [-0.39, 0.29) is 0 Å². The van der Waals surface area contributed by atoms with E-state index in [4.69, 9.17) is 0 Å². The first-order chi connectivity index (χ1) is 24.8. The van der Waals surface area contributed by atoms with Gasteiger partial charge in [0.2, 0.25) is 0 Å². The molecule has 0 spiro atoms. The standard InChI is InChI=1S/C50H30/c1-3-13-33(14-4-1)46-41-27-26-36(35-25-24-32-23-22-31-12-7-9-18-38(31)43(32)28-35)29-44(41)47(34-15-5-2-6-16-34)50-45-30-37-17-8-10-19-39(37)40-20-11-21-42(48(40)45)49(46)50/h1-30H. The van der Waals surface area contributed by atoms with E-state index in [0.717, 1.165) is 0 Å². The Kier molecular flexibility index (Phi) is 5.76. The summed E-state index contributed by atoms with van der Waals surface area (Å²) in [7, 11) is 0. The van der Waals surface area contributed by atoms with Crippen LogP contribution in [0.4, 0.5) is 0 Å². The number of benzene rings is 10. The molecule has 0 fully saturated rings. The Morgan fingerprint density at radius 2 is 0.740 bits per heavy atom. The summed E-state index contributed by atoms with van der Waals surface area (Å²) in [5.41, 5.74) is 12.9. The lowest BCUT2D eigenvalue weighted by atomic mass is 9.81. The van der Waals surface area contributed by atoms with Crippen LogP contribution in [0.3, 0.4) is 0 Å². The van der Waals surface area contributed by atoms with Gasteiger partial charge in [0.15, 0.2) is 0 Å². The van der Waals surface area contributed by atoms with Gasteiger partial charge in [0.25, 0.3) is 0 Å². The largest absolute Gasteiger partial charge is 0.0622 e. The van der Waals surface area contributed by atoms with E-state index in [1.54, 1.807) is 0 Å². The zero-order valence-corrected chi connectivity index (χ0v) is 27.3. The maximum Gasteiger partial charge on any atom is -0.000719 e. The summed E-state index contributed by atoms with van der Waals surface area (Å²) in [5.74, 6) is 0. The van der Waals surface area contributed by atoms with Gasteiger partial charge in [-0.3, -0.25) is 0 Å². The first-order valence-corrected chi connectivity index (χ1v) is 17.4. The second-order valence-corrected chi connectivity index (χ2v) is 13.6. The second kappa shape index (κ2) is 10.5. The van der Waals surface area contributed by atoms with Crippen LogP contribution in [0.5, 0.6) is 0 Å². The fourth-order valence-electron chi connectivity index (χ4n) is 8.77. The third kappa shape index (κ3) is 3.88. The summed E-state index contributed by atoms with van der Waals surface area (Å²) in [6.07, 6.45) is 0. The average Bonchev–Trinajstić information content (AvgIpc) is 3.51. The zero-order valence-electron chi connectivity index (χ0n) is 27.3. The minimum absolute atomic E-state index is 1.22. The molecule has 0 aromatic heterocycles. The molecule has 0 saturated carbocycles. The lowest BCUT2D eigenvalue weighted by Crippen LogP contribution is -1.94. The summed E-state index contributed by atoms with van der Waals surface area (Å²) >= 11 is 0. The summed E-state index contributed by atoms with van der Waals surface area (Å²) in [5, 5.41) is 12.9. The molecule has 1 aliphatic carbocycles. The maximum absolute atomic E-state index is 2.46. The highest BCUT2D eigenvalue weighted by Gasteiger charge is 2.31. The highest BCUT2D eigenvalue weighted by molar-refractivity contribution is 6.31.